The number of halogens is 1. The van der Waals surface area contributed by atoms with Gasteiger partial charge in [-0.25, -0.2) is 0 Å². The van der Waals surface area contributed by atoms with Crippen molar-refractivity contribution in [2.24, 2.45) is 0 Å². The van der Waals surface area contributed by atoms with Gasteiger partial charge in [-0.3, -0.25) is 4.57 Å². The zero-order valence-corrected chi connectivity index (χ0v) is 12.6. The first-order chi connectivity index (χ1) is 8.30. The van der Waals surface area contributed by atoms with Crippen LogP contribution in [0.4, 0.5) is 0 Å². The van der Waals surface area contributed by atoms with Gasteiger partial charge in [-0.1, -0.05) is 11.6 Å². The minimum absolute atomic E-state index is 0.162. The molecule has 0 unspecified atom stereocenters. The first kappa shape index (κ1) is 15.5. The summed E-state index contributed by atoms with van der Waals surface area (Å²) in [6.07, 6.45) is 0.162. The monoisotopic (exact) mass is 292 g/mol. The van der Waals surface area contributed by atoms with Gasteiger partial charge in [-0.2, -0.15) is 0 Å². The predicted octanol–water partition coefficient (Wildman–Crippen LogP) is 3.98. The van der Waals surface area contributed by atoms with Gasteiger partial charge in [0.1, 0.15) is 11.4 Å². The summed E-state index contributed by atoms with van der Waals surface area (Å²) in [6, 6.07) is 6.99. The molecule has 0 aliphatic heterocycles. The number of hydrogen-bond donors (Lipinski definition) is 0. The van der Waals surface area contributed by atoms with E-state index in [1.54, 1.807) is 24.3 Å². The standard InChI is InChI=1S/C12H18ClO4P/c1-12(2,9-18(14,15-3)16-4)17-11-7-5-10(13)6-8-11/h5-8H,9H2,1-4H3. The second-order valence-electron chi connectivity index (χ2n) is 4.45. The number of ether oxygens (including phenoxy) is 1. The van der Waals surface area contributed by atoms with Crippen LogP contribution in [0.25, 0.3) is 0 Å². The highest BCUT2D eigenvalue weighted by molar-refractivity contribution is 7.53. The van der Waals surface area contributed by atoms with Gasteiger partial charge >= 0.3 is 7.60 Å². The topological polar surface area (TPSA) is 44.8 Å². The van der Waals surface area contributed by atoms with Gasteiger partial charge < -0.3 is 13.8 Å². The average molecular weight is 293 g/mol. The van der Waals surface area contributed by atoms with Gasteiger partial charge in [0.05, 0.1) is 6.16 Å². The lowest BCUT2D eigenvalue weighted by atomic mass is 10.2. The molecule has 6 heteroatoms. The third kappa shape index (κ3) is 4.62. The highest BCUT2D eigenvalue weighted by Gasteiger charge is 2.33. The maximum Gasteiger partial charge on any atom is 0.334 e. The lowest BCUT2D eigenvalue weighted by Crippen LogP contribution is -2.33. The fraction of sp³-hybridized carbons (Fsp3) is 0.500. The quantitative estimate of drug-likeness (QED) is 0.744. The maximum absolute atomic E-state index is 12.1. The van der Waals surface area contributed by atoms with Crippen LogP contribution < -0.4 is 4.74 Å². The molecule has 0 saturated heterocycles. The Bertz CT molecular complexity index is 422. The number of hydrogen-bond acceptors (Lipinski definition) is 4. The molecular formula is C12H18ClO4P. The van der Waals surface area contributed by atoms with Crippen LogP contribution in [0, 0.1) is 0 Å². The van der Waals surface area contributed by atoms with Gasteiger partial charge in [-0.15, -0.1) is 0 Å². The Hall–Kier alpha value is -0.540. The maximum atomic E-state index is 12.1. The molecule has 4 nitrogen and oxygen atoms in total. The molecule has 0 bridgehead atoms. The molecule has 0 heterocycles. The molecule has 102 valence electrons. The van der Waals surface area contributed by atoms with E-state index in [4.69, 9.17) is 25.4 Å². The summed E-state index contributed by atoms with van der Waals surface area (Å²) < 4.78 is 27.7. The van der Waals surface area contributed by atoms with Crippen molar-refractivity contribution in [2.75, 3.05) is 20.4 Å². The van der Waals surface area contributed by atoms with Crippen molar-refractivity contribution in [1.29, 1.82) is 0 Å². The second kappa shape index (κ2) is 6.07. The zero-order valence-electron chi connectivity index (χ0n) is 11.0. The molecule has 0 amide bonds. The van der Waals surface area contributed by atoms with Crippen molar-refractivity contribution >= 4 is 19.2 Å². The van der Waals surface area contributed by atoms with E-state index in [1.807, 2.05) is 13.8 Å². The molecule has 0 atom stereocenters. The summed E-state index contributed by atoms with van der Waals surface area (Å²) in [6.45, 7) is 3.65. The molecule has 0 radical (unpaired) electrons. The number of rotatable bonds is 6. The van der Waals surface area contributed by atoms with Crippen LogP contribution in [0.5, 0.6) is 5.75 Å². The summed E-state index contributed by atoms with van der Waals surface area (Å²) in [7, 11) is -0.373. The lowest BCUT2D eigenvalue weighted by molar-refractivity contribution is 0.123. The van der Waals surface area contributed by atoms with E-state index < -0.39 is 13.2 Å². The molecular weight excluding hydrogens is 275 g/mol. The van der Waals surface area contributed by atoms with Crippen molar-refractivity contribution < 1.29 is 18.3 Å². The summed E-state index contributed by atoms with van der Waals surface area (Å²) >= 11 is 5.79. The summed E-state index contributed by atoms with van der Waals surface area (Å²) in [4.78, 5) is 0. The Kier molecular flexibility index (Phi) is 5.23. The van der Waals surface area contributed by atoms with Crippen molar-refractivity contribution in [3.63, 3.8) is 0 Å². The average Bonchev–Trinajstić information content (AvgIpc) is 2.31. The van der Waals surface area contributed by atoms with Crippen LogP contribution in [-0.4, -0.2) is 26.0 Å². The van der Waals surface area contributed by atoms with E-state index in [0.29, 0.717) is 10.8 Å². The second-order valence-corrected chi connectivity index (χ2v) is 7.15. The van der Waals surface area contributed by atoms with E-state index in [2.05, 4.69) is 0 Å². The van der Waals surface area contributed by atoms with Crippen LogP contribution in [0.3, 0.4) is 0 Å². The van der Waals surface area contributed by atoms with Gasteiger partial charge in [0.15, 0.2) is 0 Å². The van der Waals surface area contributed by atoms with Gasteiger partial charge in [0.25, 0.3) is 0 Å². The molecule has 18 heavy (non-hydrogen) atoms. The van der Waals surface area contributed by atoms with E-state index in [-0.39, 0.29) is 6.16 Å². The highest BCUT2D eigenvalue weighted by atomic mass is 35.5. The van der Waals surface area contributed by atoms with Crippen molar-refractivity contribution in [2.45, 2.75) is 19.4 Å². The SMILES string of the molecule is COP(=O)(CC(C)(C)Oc1ccc(Cl)cc1)OC. The zero-order chi connectivity index (χ0) is 13.8. The van der Waals surface area contributed by atoms with Crippen molar-refractivity contribution in [1.82, 2.24) is 0 Å². The molecule has 0 aromatic heterocycles. The molecule has 1 aromatic rings. The molecule has 1 rings (SSSR count). The molecule has 0 aliphatic carbocycles. The van der Waals surface area contributed by atoms with Crippen LogP contribution in [0.2, 0.25) is 5.02 Å². The lowest BCUT2D eigenvalue weighted by Gasteiger charge is -2.29. The summed E-state index contributed by atoms with van der Waals surface area (Å²) in [5.74, 6) is 0.656. The Balaban J connectivity index is 2.75. The first-order valence-corrected chi connectivity index (χ1v) is 7.56. The summed E-state index contributed by atoms with van der Waals surface area (Å²) in [5, 5.41) is 0.639. The van der Waals surface area contributed by atoms with Crippen LogP contribution >= 0.6 is 19.2 Å². The number of benzene rings is 1. The minimum atomic E-state index is -3.10. The predicted molar refractivity (Wildman–Crippen MR) is 72.7 cm³/mol. The Morgan fingerprint density at radius 3 is 2.11 bits per heavy atom. The molecule has 0 spiro atoms. The fourth-order valence-corrected chi connectivity index (χ4v) is 3.05. The van der Waals surface area contributed by atoms with Crippen LogP contribution in [0.15, 0.2) is 24.3 Å². The van der Waals surface area contributed by atoms with Crippen LogP contribution in [0.1, 0.15) is 13.8 Å². The highest BCUT2D eigenvalue weighted by Crippen LogP contribution is 2.49. The van der Waals surface area contributed by atoms with E-state index >= 15 is 0 Å². The van der Waals surface area contributed by atoms with E-state index in [0.717, 1.165) is 0 Å². The van der Waals surface area contributed by atoms with Gasteiger partial charge in [-0.05, 0) is 38.1 Å². The van der Waals surface area contributed by atoms with Crippen molar-refractivity contribution in [3.8, 4) is 5.75 Å². The van der Waals surface area contributed by atoms with E-state index in [9.17, 15) is 4.57 Å². The third-order valence-corrected chi connectivity index (χ3v) is 4.85. The van der Waals surface area contributed by atoms with E-state index in [1.165, 1.54) is 14.2 Å². The van der Waals surface area contributed by atoms with Gasteiger partial charge in [0.2, 0.25) is 0 Å². The smallest absolute Gasteiger partial charge is 0.334 e. The van der Waals surface area contributed by atoms with Crippen molar-refractivity contribution in [3.05, 3.63) is 29.3 Å². The summed E-state index contributed by atoms with van der Waals surface area (Å²) in [5.41, 5.74) is -0.671. The molecule has 0 saturated carbocycles. The first-order valence-electron chi connectivity index (χ1n) is 5.45. The molecule has 0 fully saturated rings. The normalized spacial score (nSPS) is 12.5. The fourth-order valence-electron chi connectivity index (χ4n) is 1.52. The molecule has 1 aromatic carbocycles. The molecule has 0 aliphatic rings. The van der Waals surface area contributed by atoms with Gasteiger partial charge in [0, 0.05) is 19.2 Å². The Labute approximate surface area is 113 Å². The molecule has 0 N–H and O–H groups in total. The Morgan fingerprint density at radius 1 is 1.17 bits per heavy atom. The minimum Gasteiger partial charge on any atom is -0.487 e. The van der Waals surface area contributed by atoms with Crippen LogP contribution in [-0.2, 0) is 13.6 Å². The largest absolute Gasteiger partial charge is 0.487 e. The third-order valence-electron chi connectivity index (χ3n) is 2.34. The Morgan fingerprint density at radius 2 is 1.67 bits per heavy atom.